The predicted octanol–water partition coefficient (Wildman–Crippen LogP) is 0.514. The zero-order chi connectivity index (χ0) is 13.8. The molecule has 1 aromatic rings. The molecule has 1 amide bonds. The topological polar surface area (TPSA) is 58.4 Å². The molecule has 0 aliphatic carbocycles. The summed E-state index contributed by atoms with van der Waals surface area (Å²) < 4.78 is 0. The highest BCUT2D eigenvalue weighted by atomic mass is 16.2. The number of rotatable bonds is 3. The van der Waals surface area contributed by atoms with E-state index >= 15 is 0 Å². The minimum atomic E-state index is -0.277. The number of nitrogens with zero attached hydrogens (tertiary/aromatic N) is 1. The third-order valence-electron chi connectivity index (χ3n) is 3.43. The predicted molar refractivity (Wildman–Crippen MR) is 76.8 cm³/mol. The zero-order valence-electron chi connectivity index (χ0n) is 11.1. The summed E-state index contributed by atoms with van der Waals surface area (Å²) in [5.41, 5.74) is 8.36. The van der Waals surface area contributed by atoms with E-state index in [0.29, 0.717) is 6.54 Å². The van der Waals surface area contributed by atoms with E-state index in [9.17, 15) is 4.79 Å². The van der Waals surface area contributed by atoms with Gasteiger partial charge in [0.25, 0.3) is 0 Å². The van der Waals surface area contributed by atoms with Gasteiger partial charge in [-0.2, -0.15) is 0 Å². The molecule has 2 rings (SSSR count). The van der Waals surface area contributed by atoms with Crippen molar-refractivity contribution < 1.29 is 4.79 Å². The molecule has 0 fully saturated rings. The number of fused-ring (bicyclic) bond motifs is 1. The average molecular weight is 257 g/mol. The highest BCUT2D eigenvalue weighted by molar-refractivity contribution is 5.85. The van der Waals surface area contributed by atoms with Crippen LogP contribution < -0.4 is 16.0 Å². The van der Waals surface area contributed by atoms with Crippen molar-refractivity contribution in [2.24, 2.45) is 5.73 Å². The Morgan fingerprint density at radius 3 is 3.11 bits per heavy atom. The minimum absolute atomic E-state index is 0.0535. The van der Waals surface area contributed by atoms with Crippen LogP contribution in [0.15, 0.2) is 24.3 Å². The fraction of sp³-hybridized carbons (Fsp3) is 0.400. The van der Waals surface area contributed by atoms with Gasteiger partial charge in [0.15, 0.2) is 0 Å². The lowest BCUT2D eigenvalue weighted by atomic mass is 9.97. The van der Waals surface area contributed by atoms with E-state index in [1.165, 1.54) is 5.56 Å². The van der Waals surface area contributed by atoms with Gasteiger partial charge in [-0.05, 0) is 25.0 Å². The molecule has 3 N–H and O–H groups in total. The lowest BCUT2D eigenvalue weighted by molar-refractivity contribution is -0.121. The summed E-state index contributed by atoms with van der Waals surface area (Å²) in [4.78, 5) is 14.1. The van der Waals surface area contributed by atoms with E-state index in [2.05, 4.69) is 22.2 Å². The number of terminal acetylenes is 1. The van der Waals surface area contributed by atoms with E-state index in [1.807, 2.05) is 25.1 Å². The lowest BCUT2D eigenvalue weighted by Gasteiger charge is -2.38. The first-order valence-electron chi connectivity index (χ1n) is 6.44. The average Bonchev–Trinajstić information content (AvgIpc) is 2.42. The van der Waals surface area contributed by atoms with E-state index in [0.717, 1.165) is 12.1 Å². The second kappa shape index (κ2) is 5.77. The molecule has 0 saturated carbocycles. The molecule has 2 atom stereocenters. The number of hydrogen-bond acceptors (Lipinski definition) is 3. The maximum Gasteiger partial charge on any atom is 0.243 e. The van der Waals surface area contributed by atoms with Crippen LogP contribution in [-0.4, -0.2) is 31.1 Å². The molecule has 0 bridgehead atoms. The molecule has 0 spiro atoms. The van der Waals surface area contributed by atoms with E-state index in [-0.39, 0.29) is 24.5 Å². The molecule has 4 heteroatoms. The van der Waals surface area contributed by atoms with Crippen LogP contribution in [0.25, 0.3) is 0 Å². The maximum absolute atomic E-state index is 12.0. The van der Waals surface area contributed by atoms with Crippen molar-refractivity contribution in [1.82, 2.24) is 5.32 Å². The summed E-state index contributed by atoms with van der Waals surface area (Å²) >= 11 is 0. The smallest absolute Gasteiger partial charge is 0.243 e. The van der Waals surface area contributed by atoms with Crippen LogP contribution in [-0.2, 0) is 11.2 Å². The van der Waals surface area contributed by atoms with Crippen LogP contribution in [0, 0.1) is 12.3 Å². The molecule has 1 aliphatic rings. The normalized spacial score (nSPS) is 19.2. The Balaban J connectivity index is 2.20. The van der Waals surface area contributed by atoms with Gasteiger partial charge in [-0.25, -0.2) is 0 Å². The van der Waals surface area contributed by atoms with Crippen molar-refractivity contribution in [2.75, 3.05) is 18.0 Å². The van der Waals surface area contributed by atoms with Gasteiger partial charge in [-0.3, -0.25) is 4.79 Å². The lowest BCUT2D eigenvalue weighted by Crippen LogP contribution is -2.52. The van der Waals surface area contributed by atoms with Gasteiger partial charge in [0.05, 0.1) is 6.54 Å². The van der Waals surface area contributed by atoms with Crippen molar-refractivity contribution >= 4 is 11.6 Å². The molecular weight excluding hydrogens is 238 g/mol. The molecule has 0 radical (unpaired) electrons. The molecule has 0 saturated heterocycles. The number of nitrogens with one attached hydrogen (secondary N) is 1. The van der Waals surface area contributed by atoms with Crippen LogP contribution in [0.4, 0.5) is 5.69 Å². The highest BCUT2D eigenvalue weighted by Gasteiger charge is 2.28. The minimum Gasteiger partial charge on any atom is -0.358 e. The molecule has 19 heavy (non-hydrogen) atoms. The molecule has 4 nitrogen and oxygen atoms in total. The monoisotopic (exact) mass is 257 g/mol. The van der Waals surface area contributed by atoms with Gasteiger partial charge in [-0.15, -0.1) is 6.42 Å². The largest absolute Gasteiger partial charge is 0.358 e. The summed E-state index contributed by atoms with van der Waals surface area (Å²) in [5.74, 6) is 2.34. The first-order chi connectivity index (χ1) is 9.13. The van der Waals surface area contributed by atoms with Crippen LogP contribution >= 0.6 is 0 Å². The van der Waals surface area contributed by atoms with Crippen molar-refractivity contribution in [1.29, 1.82) is 0 Å². The van der Waals surface area contributed by atoms with Gasteiger partial charge in [0.2, 0.25) is 5.91 Å². The molecule has 1 aliphatic heterocycles. The second-order valence-corrected chi connectivity index (χ2v) is 4.84. The standard InChI is InChI=1S/C15H19N3O/c1-3-8-17-15(19)11(2)18-10-13(16)9-12-6-4-5-7-14(12)18/h1,4-7,11,13H,8-10,16H2,2H3,(H,17,19). The quantitative estimate of drug-likeness (QED) is 0.776. The Morgan fingerprint density at radius 1 is 1.63 bits per heavy atom. The molecule has 1 aromatic carbocycles. The van der Waals surface area contributed by atoms with Gasteiger partial charge >= 0.3 is 0 Å². The molecule has 0 aromatic heterocycles. The molecule has 2 unspecified atom stereocenters. The van der Waals surface area contributed by atoms with Crippen molar-refractivity contribution in [3.63, 3.8) is 0 Å². The van der Waals surface area contributed by atoms with E-state index < -0.39 is 0 Å². The van der Waals surface area contributed by atoms with Crippen molar-refractivity contribution in [3.05, 3.63) is 29.8 Å². The molecular formula is C15H19N3O. The summed E-state index contributed by atoms with van der Waals surface area (Å²) in [6.45, 7) is 2.81. The number of para-hydroxylation sites is 1. The number of carbonyl (C=O) groups is 1. The number of carbonyl (C=O) groups excluding carboxylic acids is 1. The van der Waals surface area contributed by atoms with Crippen molar-refractivity contribution in [2.45, 2.75) is 25.4 Å². The zero-order valence-corrected chi connectivity index (χ0v) is 11.1. The summed E-state index contributed by atoms with van der Waals surface area (Å²) in [6.07, 6.45) is 6.01. The summed E-state index contributed by atoms with van der Waals surface area (Å²) in [6, 6.07) is 7.85. The van der Waals surface area contributed by atoms with Crippen molar-refractivity contribution in [3.8, 4) is 12.3 Å². The molecule has 100 valence electrons. The van der Waals surface area contributed by atoms with E-state index in [4.69, 9.17) is 12.2 Å². The number of anilines is 1. The van der Waals surface area contributed by atoms with Crippen LogP contribution in [0.3, 0.4) is 0 Å². The Morgan fingerprint density at radius 2 is 2.37 bits per heavy atom. The Bertz CT molecular complexity index is 506. The fourth-order valence-corrected chi connectivity index (χ4v) is 2.46. The first kappa shape index (κ1) is 13.4. The third kappa shape index (κ3) is 2.88. The number of nitrogens with two attached hydrogens (primary N) is 1. The first-order valence-corrected chi connectivity index (χ1v) is 6.44. The number of benzene rings is 1. The SMILES string of the molecule is C#CCNC(=O)C(C)N1CC(N)Cc2ccccc21. The number of hydrogen-bond donors (Lipinski definition) is 2. The third-order valence-corrected chi connectivity index (χ3v) is 3.43. The summed E-state index contributed by atoms with van der Waals surface area (Å²) in [7, 11) is 0. The van der Waals surface area contributed by atoms with Crippen LogP contribution in [0.5, 0.6) is 0 Å². The van der Waals surface area contributed by atoms with Crippen LogP contribution in [0.1, 0.15) is 12.5 Å². The van der Waals surface area contributed by atoms with Gasteiger partial charge in [-0.1, -0.05) is 24.1 Å². The second-order valence-electron chi connectivity index (χ2n) is 4.84. The van der Waals surface area contributed by atoms with Gasteiger partial charge in [0.1, 0.15) is 6.04 Å². The highest BCUT2D eigenvalue weighted by Crippen LogP contribution is 2.27. The summed E-state index contributed by atoms with van der Waals surface area (Å²) in [5, 5.41) is 2.72. The van der Waals surface area contributed by atoms with Crippen LogP contribution in [0.2, 0.25) is 0 Å². The maximum atomic E-state index is 12.0. The van der Waals surface area contributed by atoms with E-state index in [1.54, 1.807) is 0 Å². The van der Waals surface area contributed by atoms with Gasteiger partial charge in [0, 0.05) is 18.3 Å². The Hall–Kier alpha value is -1.99. The Kier molecular flexibility index (Phi) is 4.08. The molecule has 1 heterocycles. The number of amides is 1. The van der Waals surface area contributed by atoms with Gasteiger partial charge < -0.3 is 16.0 Å². The fourth-order valence-electron chi connectivity index (χ4n) is 2.46. The Labute approximate surface area is 114 Å².